The average Bonchev–Trinajstić information content (AvgIpc) is 2.61. The fraction of sp³-hybridized carbons (Fsp3) is 0.235. The summed E-state index contributed by atoms with van der Waals surface area (Å²) in [4.78, 5) is 14.2. The van der Waals surface area contributed by atoms with Gasteiger partial charge < -0.3 is 10.2 Å². The molecule has 1 aliphatic heterocycles. The van der Waals surface area contributed by atoms with Gasteiger partial charge in [-0.2, -0.15) is 0 Å². The molecule has 1 amide bonds. The number of anilines is 1. The maximum absolute atomic E-state index is 12.4. The molecule has 0 radical (unpaired) electrons. The van der Waals surface area contributed by atoms with Gasteiger partial charge in [0.2, 0.25) is 5.91 Å². The minimum atomic E-state index is 0.123. The fourth-order valence-corrected chi connectivity index (χ4v) is 2.59. The van der Waals surface area contributed by atoms with Crippen LogP contribution in [0.25, 0.3) is 0 Å². The van der Waals surface area contributed by atoms with Crippen LogP contribution < -0.4 is 10.2 Å². The number of amides is 1. The number of carbonyl (C=O) groups is 1. The largest absolute Gasteiger partial charge is 0.307 e. The summed E-state index contributed by atoms with van der Waals surface area (Å²) < 4.78 is 0. The van der Waals surface area contributed by atoms with Crippen molar-refractivity contribution in [3.63, 3.8) is 0 Å². The number of hydrogen-bond acceptors (Lipinski definition) is 2. The molecule has 0 aromatic heterocycles. The number of benzene rings is 2. The summed E-state index contributed by atoms with van der Waals surface area (Å²) in [6, 6.07) is 16.3. The lowest BCUT2D eigenvalue weighted by molar-refractivity contribution is -0.117. The highest BCUT2D eigenvalue weighted by Gasteiger charge is 2.21. The average molecular weight is 266 g/mol. The zero-order valence-electron chi connectivity index (χ0n) is 11.6. The quantitative estimate of drug-likeness (QED) is 0.906. The van der Waals surface area contributed by atoms with Crippen molar-refractivity contribution in [2.24, 2.45) is 0 Å². The Morgan fingerprint density at radius 3 is 2.65 bits per heavy atom. The molecule has 2 aromatic carbocycles. The number of nitrogens with zero attached hydrogens (tertiary/aromatic N) is 1. The first-order valence-corrected chi connectivity index (χ1v) is 6.89. The Balaban J connectivity index is 1.98. The Morgan fingerprint density at radius 1 is 1.05 bits per heavy atom. The van der Waals surface area contributed by atoms with Crippen molar-refractivity contribution < 1.29 is 4.79 Å². The molecule has 3 nitrogen and oxygen atoms in total. The van der Waals surface area contributed by atoms with Crippen molar-refractivity contribution in [3.8, 4) is 0 Å². The van der Waals surface area contributed by atoms with E-state index in [1.807, 2.05) is 35.2 Å². The van der Waals surface area contributed by atoms with E-state index in [4.69, 9.17) is 0 Å². The Labute approximate surface area is 119 Å². The van der Waals surface area contributed by atoms with Gasteiger partial charge in [-0.3, -0.25) is 4.79 Å². The van der Waals surface area contributed by atoms with Gasteiger partial charge in [-0.1, -0.05) is 42.5 Å². The second-order valence-electron chi connectivity index (χ2n) is 5.14. The van der Waals surface area contributed by atoms with E-state index in [1.54, 1.807) is 0 Å². The van der Waals surface area contributed by atoms with E-state index in [9.17, 15) is 4.79 Å². The van der Waals surface area contributed by atoms with Crippen LogP contribution in [0, 0.1) is 6.92 Å². The highest BCUT2D eigenvalue weighted by Crippen LogP contribution is 2.25. The maximum atomic E-state index is 12.4. The van der Waals surface area contributed by atoms with Crippen LogP contribution in [-0.4, -0.2) is 12.5 Å². The molecular formula is C17H18N2O. The highest BCUT2D eigenvalue weighted by molar-refractivity contribution is 5.96. The van der Waals surface area contributed by atoms with Crippen LogP contribution in [0.2, 0.25) is 0 Å². The lowest BCUT2D eigenvalue weighted by atomic mass is 10.1. The van der Waals surface area contributed by atoms with Crippen LogP contribution in [-0.2, 0) is 17.9 Å². The second-order valence-corrected chi connectivity index (χ2v) is 5.14. The summed E-state index contributed by atoms with van der Waals surface area (Å²) in [6.45, 7) is 3.85. The van der Waals surface area contributed by atoms with Crippen LogP contribution in [0.5, 0.6) is 0 Å². The summed E-state index contributed by atoms with van der Waals surface area (Å²) in [6.07, 6.45) is 0. The number of nitrogens with one attached hydrogen (secondary N) is 1. The van der Waals surface area contributed by atoms with Gasteiger partial charge in [0.05, 0.1) is 13.1 Å². The van der Waals surface area contributed by atoms with Crippen LogP contribution in [0.1, 0.15) is 16.7 Å². The van der Waals surface area contributed by atoms with Gasteiger partial charge in [0, 0.05) is 12.2 Å². The molecule has 0 aliphatic carbocycles. The van der Waals surface area contributed by atoms with Gasteiger partial charge in [0.25, 0.3) is 0 Å². The smallest absolute Gasteiger partial charge is 0.241 e. The summed E-state index contributed by atoms with van der Waals surface area (Å²) >= 11 is 0. The predicted molar refractivity (Wildman–Crippen MR) is 80.5 cm³/mol. The normalized spacial score (nSPS) is 14.8. The lowest BCUT2D eigenvalue weighted by Crippen LogP contribution is -2.35. The van der Waals surface area contributed by atoms with Gasteiger partial charge in [-0.25, -0.2) is 0 Å². The van der Waals surface area contributed by atoms with E-state index in [0.29, 0.717) is 13.1 Å². The molecule has 0 fully saturated rings. The lowest BCUT2D eigenvalue weighted by Gasteiger charge is -2.23. The molecule has 0 unspecified atom stereocenters. The summed E-state index contributed by atoms with van der Waals surface area (Å²) in [5, 5.41) is 3.19. The molecule has 1 N–H and O–H groups in total. The Kier molecular flexibility index (Phi) is 3.52. The highest BCUT2D eigenvalue weighted by atomic mass is 16.2. The van der Waals surface area contributed by atoms with E-state index in [1.165, 1.54) is 16.7 Å². The van der Waals surface area contributed by atoms with Crippen molar-refractivity contribution >= 4 is 11.6 Å². The molecule has 0 atom stereocenters. The van der Waals surface area contributed by atoms with Crippen molar-refractivity contribution in [2.75, 3.05) is 11.4 Å². The SMILES string of the molecule is Cc1ccccc1CN1C(=O)CNCc2ccccc21. The number of para-hydroxylation sites is 1. The molecule has 0 bridgehead atoms. The molecule has 20 heavy (non-hydrogen) atoms. The fourth-order valence-electron chi connectivity index (χ4n) is 2.59. The van der Waals surface area contributed by atoms with Crippen molar-refractivity contribution in [2.45, 2.75) is 20.0 Å². The van der Waals surface area contributed by atoms with E-state index in [2.05, 4.69) is 30.4 Å². The first-order chi connectivity index (χ1) is 9.75. The van der Waals surface area contributed by atoms with Crippen molar-refractivity contribution in [1.82, 2.24) is 5.32 Å². The zero-order valence-corrected chi connectivity index (χ0v) is 11.6. The standard InChI is InChI=1S/C17H18N2O/c1-13-6-2-3-8-15(13)12-19-16-9-5-4-7-14(16)10-18-11-17(19)20/h2-9,18H,10-12H2,1H3. The summed E-state index contributed by atoms with van der Waals surface area (Å²) in [7, 11) is 0. The van der Waals surface area contributed by atoms with Crippen LogP contribution >= 0.6 is 0 Å². The third kappa shape index (κ3) is 2.45. The first-order valence-electron chi connectivity index (χ1n) is 6.89. The van der Waals surface area contributed by atoms with E-state index in [0.717, 1.165) is 12.2 Å². The molecule has 0 saturated heterocycles. The first kappa shape index (κ1) is 12.9. The van der Waals surface area contributed by atoms with E-state index in [-0.39, 0.29) is 5.91 Å². The summed E-state index contributed by atoms with van der Waals surface area (Å²) in [5.41, 5.74) is 4.60. The number of hydrogen-bond donors (Lipinski definition) is 1. The van der Waals surface area contributed by atoms with Crippen molar-refractivity contribution in [3.05, 3.63) is 65.2 Å². The van der Waals surface area contributed by atoms with E-state index < -0.39 is 0 Å². The van der Waals surface area contributed by atoms with Gasteiger partial charge in [0.1, 0.15) is 0 Å². The minimum Gasteiger partial charge on any atom is -0.307 e. The topological polar surface area (TPSA) is 32.3 Å². The monoisotopic (exact) mass is 266 g/mol. The Bertz CT molecular complexity index is 636. The molecular weight excluding hydrogens is 248 g/mol. The third-order valence-corrected chi connectivity index (χ3v) is 3.76. The molecule has 0 saturated carbocycles. The molecule has 102 valence electrons. The van der Waals surface area contributed by atoms with Gasteiger partial charge in [0.15, 0.2) is 0 Å². The number of fused-ring (bicyclic) bond motifs is 1. The predicted octanol–water partition coefficient (Wildman–Crippen LogP) is 2.63. The Hall–Kier alpha value is -2.13. The van der Waals surface area contributed by atoms with Crippen molar-refractivity contribution in [1.29, 1.82) is 0 Å². The number of carbonyl (C=O) groups excluding carboxylic acids is 1. The molecule has 3 rings (SSSR count). The molecule has 1 aliphatic rings. The third-order valence-electron chi connectivity index (χ3n) is 3.76. The maximum Gasteiger partial charge on any atom is 0.241 e. The number of rotatable bonds is 2. The minimum absolute atomic E-state index is 0.123. The van der Waals surface area contributed by atoms with Gasteiger partial charge in [-0.05, 0) is 29.7 Å². The molecule has 0 spiro atoms. The summed E-state index contributed by atoms with van der Waals surface area (Å²) in [5.74, 6) is 0.123. The molecule has 1 heterocycles. The zero-order chi connectivity index (χ0) is 13.9. The second kappa shape index (κ2) is 5.47. The molecule has 2 aromatic rings. The van der Waals surface area contributed by atoms with Crippen LogP contribution in [0.15, 0.2) is 48.5 Å². The Morgan fingerprint density at radius 2 is 1.80 bits per heavy atom. The van der Waals surface area contributed by atoms with E-state index >= 15 is 0 Å². The van der Waals surface area contributed by atoms with Crippen LogP contribution in [0.4, 0.5) is 5.69 Å². The van der Waals surface area contributed by atoms with Crippen LogP contribution in [0.3, 0.4) is 0 Å². The number of aryl methyl sites for hydroxylation is 1. The van der Waals surface area contributed by atoms with Gasteiger partial charge in [-0.15, -0.1) is 0 Å². The van der Waals surface area contributed by atoms with Gasteiger partial charge >= 0.3 is 0 Å². The molecule has 3 heteroatoms.